The van der Waals surface area contributed by atoms with E-state index in [1.165, 1.54) is 0 Å². The Morgan fingerprint density at radius 3 is 2.38 bits per heavy atom. The van der Waals surface area contributed by atoms with Crippen molar-refractivity contribution in [3.8, 4) is 0 Å². The summed E-state index contributed by atoms with van der Waals surface area (Å²) in [6.45, 7) is 12.4. The molecule has 4 heteroatoms. The van der Waals surface area contributed by atoms with Crippen molar-refractivity contribution in [3.05, 3.63) is 35.1 Å². The first-order valence-corrected chi connectivity index (χ1v) is 7.79. The number of halogens is 1. The van der Waals surface area contributed by atoms with Crippen LogP contribution in [0.1, 0.15) is 31.9 Å². The zero-order valence-corrected chi connectivity index (χ0v) is 13.7. The Labute approximate surface area is 128 Å². The Hall–Kier alpha value is -0.970. The van der Waals surface area contributed by atoms with E-state index in [0.29, 0.717) is 6.54 Å². The molecule has 1 fully saturated rings. The molecule has 1 saturated heterocycles. The molecule has 3 nitrogen and oxygen atoms in total. The largest absolute Gasteiger partial charge is 0.316 e. The van der Waals surface area contributed by atoms with Gasteiger partial charge in [-0.15, -0.1) is 0 Å². The van der Waals surface area contributed by atoms with E-state index in [0.717, 1.165) is 43.9 Å². The van der Waals surface area contributed by atoms with E-state index < -0.39 is 0 Å². The van der Waals surface area contributed by atoms with Crippen LogP contribution in [0.25, 0.3) is 0 Å². The summed E-state index contributed by atoms with van der Waals surface area (Å²) in [6.07, 6.45) is 0. The van der Waals surface area contributed by atoms with E-state index >= 15 is 0 Å². The van der Waals surface area contributed by atoms with Gasteiger partial charge in [0.2, 0.25) is 0 Å². The average molecular weight is 293 g/mol. The van der Waals surface area contributed by atoms with Gasteiger partial charge in [-0.3, -0.25) is 9.80 Å². The molecule has 0 atom stereocenters. The van der Waals surface area contributed by atoms with E-state index in [1.807, 2.05) is 19.2 Å². The fourth-order valence-electron chi connectivity index (χ4n) is 2.88. The van der Waals surface area contributed by atoms with Crippen LogP contribution in [0, 0.1) is 5.82 Å². The summed E-state index contributed by atoms with van der Waals surface area (Å²) in [4.78, 5) is 4.85. The fraction of sp³-hybridized carbons (Fsp3) is 0.647. The SMILES string of the molecule is CNCc1ccc(F)c(CN2CCN(C(C)(C)C)CC2)c1. The molecule has 0 saturated carbocycles. The summed E-state index contributed by atoms with van der Waals surface area (Å²) >= 11 is 0. The number of benzene rings is 1. The lowest BCUT2D eigenvalue weighted by Crippen LogP contribution is -2.53. The first-order valence-electron chi connectivity index (χ1n) is 7.79. The van der Waals surface area contributed by atoms with Gasteiger partial charge in [0.15, 0.2) is 0 Å². The van der Waals surface area contributed by atoms with Crippen LogP contribution in [0.2, 0.25) is 0 Å². The second kappa shape index (κ2) is 6.86. The van der Waals surface area contributed by atoms with Gasteiger partial charge in [-0.05, 0) is 39.4 Å². The highest BCUT2D eigenvalue weighted by Gasteiger charge is 2.25. The summed E-state index contributed by atoms with van der Waals surface area (Å²) in [5, 5.41) is 3.11. The topological polar surface area (TPSA) is 18.5 Å². The van der Waals surface area contributed by atoms with Gasteiger partial charge in [0.1, 0.15) is 5.82 Å². The normalized spacial score (nSPS) is 18.1. The van der Waals surface area contributed by atoms with Crippen LogP contribution in [-0.4, -0.2) is 48.6 Å². The van der Waals surface area contributed by atoms with Crippen LogP contribution in [0.15, 0.2) is 18.2 Å². The quantitative estimate of drug-likeness (QED) is 0.920. The van der Waals surface area contributed by atoms with Crippen LogP contribution in [-0.2, 0) is 13.1 Å². The maximum atomic E-state index is 14.0. The van der Waals surface area contributed by atoms with Crippen molar-refractivity contribution in [3.63, 3.8) is 0 Å². The first kappa shape index (κ1) is 16.4. The number of hydrogen-bond donors (Lipinski definition) is 1. The fourth-order valence-corrected chi connectivity index (χ4v) is 2.88. The highest BCUT2D eigenvalue weighted by Crippen LogP contribution is 2.18. The Balaban J connectivity index is 1.95. The van der Waals surface area contributed by atoms with Crippen molar-refractivity contribution in [2.45, 2.75) is 39.4 Å². The number of rotatable bonds is 4. The molecule has 1 aliphatic rings. The minimum atomic E-state index is -0.0897. The van der Waals surface area contributed by atoms with E-state index in [2.05, 4.69) is 35.9 Å². The molecule has 1 heterocycles. The van der Waals surface area contributed by atoms with Gasteiger partial charge in [-0.1, -0.05) is 12.1 Å². The molecule has 0 spiro atoms. The number of nitrogens with zero attached hydrogens (tertiary/aromatic N) is 2. The van der Waals surface area contributed by atoms with Crippen LogP contribution in [0.3, 0.4) is 0 Å². The molecule has 0 unspecified atom stereocenters. The van der Waals surface area contributed by atoms with Crippen molar-refractivity contribution >= 4 is 0 Å². The third kappa shape index (κ3) is 4.50. The van der Waals surface area contributed by atoms with E-state index in [9.17, 15) is 4.39 Å². The van der Waals surface area contributed by atoms with Gasteiger partial charge >= 0.3 is 0 Å². The lowest BCUT2D eigenvalue weighted by atomic mass is 10.0. The maximum Gasteiger partial charge on any atom is 0.127 e. The Kier molecular flexibility index (Phi) is 5.36. The molecule has 1 aromatic carbocycles. The summed E-state index contributed by atoms with van der Waals surface area (Å²) in [7, 11) is 1.91. The van der Waals surface area contributed by atoms with E-state index in [4.69, 9.17) is 0 Å². The molecule has 0 aliphatic carbocycles. The monoisotopic (exact) mass is 293 g/mol. The Morgan fingerprint density at radius 1 is 1.14 bits per heavy atom. The Morgan fingerprint density at radius 2 is 1.81 bits per heavy atom. The molecular weight excluding hydrogens is 265 g/mol. The predicted octanol–water partition coefficient (Wildman–Crippen LogP) is 2.46. The molecule has 0 radical (unpaired) electrons. The van der Waals surface area contributed by atoms with Crippen molar-refractivity contribution in [1.82, 2.24) is 15.1 Å². The molecule has 1 aromatic rings. The standard InChI is InChI=1S/C17H28FN3/c1-17(2,3)21-9-7-20(8-10-21)13-15-11-14(12-19-4)5-6-16(15)18/h5-6,11,19H,7-10,12-13H2,1-4H3. The van der Waals surface area contributed by atoms with Gasteiger partial charge < -0.3 is 5.32 Å². The van der Waals surface area contributed by atoms with Crippen LogP contribution < -0.4 is 5.32 Å². The number of nitrogens with one attached hydrogen (secondary N) is 1. The molecule has 2 rings (SSSR count). The number of hydrogen-bond acceptors (Lipinski definition) is 3. The second-order valence-corrected chi connectivity index (χ2v) is 6.89. The van der Waals surface area contributed by atoms with Gasteiger partial charge in [0, 0.05) is 50.4 Å². The van der Waals surface area contributed by atoms with E-state index in [1.54, 1.807) is 6.07 Å². The van der Waals surface area contributed by atoms with Crippen LogP contribution in [0.5, 0.6) is 0 Å². The first-order chi connectivity index (χ1) is 9.90. The molecule has 0 bridgehead atoms. The third-order valence-electron chi connectivity index (χ3n) is 4.21. The van der Waals surface area contributed by atoms with Crippen molar-refractivity contribution < 1.29 is 4.39 Å². The zero-order chi connectivity index (χ0) is 15.5. The summed E-state index contributed by atoms with van der Waals surface area (Å²) in [6, 6.07) is 5.43. The summed E-state index contributed by atoms with van der Waals surface area (Å²) in [5.74, 6) is -0.0897. The molecule has 118 valence electrons. The van der Waals surface area contributed by atoms with Gasteiger partial charge in [-0.25, -0.2) is 4.39 Å². The van der Waals surface area contributed by atoms with Gasteiger partial charge in [0.25, 0.3) is 0 Å². The highest BCUT2D eigenvalue weighted by molar-refractivity contribution is 5.25. The van der Waals surface area contributed by atoms with Crippen molar-refractivity contribution in [2.75, 3.05) is 33.2 Å². The molecular formula is C17H28FN3. The van der Waals surface area contributed by atoms with Crippen LogP contribution in [0.4, 0.5) is 4.39 Å². The molecule has 0 aromatic heterocycles. The number of piperazine rings is 1. The maximum absolute atomic E-state index is 14.0. The lowest BCUT2D eigenvalue weighted by Gasteiger charge is -2.42. The van der Waals surface area contributed by atoms with E-state index in [-0.39, 0.29) is 11.4 Å². The average Bonchev–Trinajstić information content (AvgIpc) is 2.42. The highest BCUT2D eigenvalue weighted by atomic mass is 19.1. The smallest absolute Gasteiger partial charge is 0.127 e. The predicted molar refractivity (Wildman–Crippen MR) is 85.8 cm³/mol. The molecule has 21 heavy (non-hydrogen) atoms. The van der Waals surface area contributed by atoms with Crippen molar-refractivity contribution in [1.29, 1.82) is 0 Å². The summed E-state index contributed by atoms with van der Waals surface area (Å²) in [5.41, 5.74) is 2.18. The van der Waals surface area contributed by atoms with Crippen molar-refractivity contribution in [2.24, 2.45) is 0 Å². The van der Waals surface area contributed by atoms with Gasteiger partial charge in [0.05, 0.1) is 0 Å². The minimum Gasteiger partial charge on any atom is -0.316 e. The Bertz CT molecular complexity index is 460. The zero-order valence-electron chi connectivity index (χ0n) is 13.7. The van der Waals surface area contributed by atoms with Crippen LogP contribution >= 0.6 is 0 Å². The molecule has 1 aliphatic heterocycles. The third-order valence-corrected chi connectivity index (χ3v) is 4.21. The summed E-state index contributed by atoms with van der Waals surface area (Å²) < 4.78 is 14.0. The molecule has 0 amide bonds. The second-order valence-electron chi connectivity index (χ2n) is 6.89. The van der Waals surface area contributed by atoms with Gasteiger partial charge in [-0.2, -0.15) is 0 Å². The molecule has 1 N–H and O–H groups in total. The minimum absolute atomic E-state index is 0.0897. The lowest BCUT2D eigenvalue weighted by molar-refractivity contribution is 0.0586.